The van der Waals surface area contributed by atoms with Crippen LogP contribution in [-0.4, -0.2) is 47.9 Å². The van der Waals surface area contributed by atoms with Crippen molar-refractivity contribution >= 4 is 23.5 Å². The zero-order valence-electron chi connectivity index (χ0n) is 23.0. The van der Waals surface area contributed by atoms with E-state index in [-0.39, 0.29) is 28.0 Å². The second-order valence-corrected chi connectivity index (χ2v) is 11.7. The first-order valence-electron chi connectivity index (χ1n) is 13.0. The van der Waals surface area contributed by atoms with Crippen LogP contribution in [0.15, 0.2) is 46.6 Å². The first-order valence-corrected chi connectivity index (χ1v) is 13.0. The van der Waals surface area contributed by atoms with Crippen LogP contribution < -0.4 is 9.47 Å². The highest BCUT2D eigenvalue weighted by atomic mass is 16.6. The van der Waals surface area contributed by atoms with Gasteiger partial charge in [-0.25, -0.2) is 4.79 Å². The number of carbonyl (C=O) groups is 4. The van der Waals surface area contributed by atoms with E-state index in [1.807, 2.05) is 20.8 Å². The van der Waals surface area contributed by atoms with Crippen molar-refractivity contribution in [3.05, 3.63) is 46.6 Å². The van der Waals surface area contributed by atoms with Crippen molar-refractivity contribution in [1.82, 2.24) is 0 Å². The number of esters is 2. The summed E-state index contributed by atoms with van der Waals surface area (Å²) in [7, 11) is 1.52. The number of ether oxygens (including phenoxy) is 3. The van der Waals surface area contributed by atoms with E-state index >= 15 is 0 Å². The maximum absolute atomic E-state index is 14.4. The molecule has 0 aromatic heterocycles. The van der Waals surface area contributed by atoms with Gasteiger partial charge in [0.25, 0.3) is 0 Å². The molecule has 0 heterocycles. The molecular formula is C30H36O8. The van der Waals surface area contributed by atoms with E-state index in [9.17, 15) is 24.3 Å². The number of methoxy groups -OCH3 is 1. The Morgan fingerprint density at radius 3 is 2.16 bits per heavy atom. The fraction of sp³-hybridized carbons (Fsp3) is 0.533. The van der Waals surface area contributed by atoms with Crippen LogP contribution in [0, 0.1) is 22.7 Å². The molecule has 1 saturated carbocycles. The van der Waals surface area contributed by atoms with Gasteiger partial charge in [0.1, 0.15) is 17.1 Å². The van der Waals surface area contributed by atoms with E-state index in [4.69, 9.17) is 14.2 Å². The van der Waals surface area contributed by atoms with Crippen LogP contribution in [0.2, 0.25) is 0 Å². The van der Waals surface area contributed by atoms with Gasteiger partial charge in [0.15, 0.2) is 17.7 Å². The van der Waals surface area contributed by atoms with Crippen molar-refractivity contribution in [2.75, 3.05) is 7.11 Å². The number of fused-ring (bicyclic) bond motifs is 2. The van der Waals surface area contributed by atoms with Crippen molar-refractivity contribution in [3.8, 4) is 11.5 Å². The molecule has 8 heteroatoms. The van der Waals surface area contributed by atoms with Gasteiger partial charge in [-0.1, -0.05) is 41.0 Å². The van der Waals surface area contributed by atoms with Crippen LogP contribution in [0.25, 0.3) is 0 Å². The summed E-state index contributed by atoms with van der Waals surface area (Å²) in [5, 5.41) is 11.6. The van der Waals surface area contributed by atoms with Gasteiger partial charge in [-0.15, -0.1) is 0 Å². The first-order chi connectivity index (χ1) is 17.7. The van der Waals surface area contributed by atoms with Gasteiger partial charge >= 0.3 is 11.9 Å². The summed E-state index contributed by atoms with van der Waals surface area (Å²) in [4.78, 5) is 54.1. The van der Waals surface area contributed by atoms with Crippen LogP contribution >= 0.6 is 0 Å². The van der Waals surface area contributed by atoms with Crippen LogP contribution in [-0.2, 0) is 23.9 Å². The molecule has 4 atom stereocenters. The molecule has 0 unspecified atom stereocenters. The van der Waals surface area contributed by atoms with Crippen LogP contribution in [0.5, 0.6) is 11.5 Å². The van der Waals surface area contributed by atoms with E-state index in [0.29, 0.717) is 12.2 Å². The first kappa shape index (κ1) is 27.8. The molecule has 0 aliphatic heterocycles. The second kappa shape index (κ2) is 9.80. The summed E-state index contributed by atoms with van der Waals surface area (Å²) < 4.78 is 16.3. The average molecular weight is 525 g/mol. The molecule has 1 fully saturated rings. The van der Waals surface area contributed by atoms with Crippen molar-refractivity contribution in [2.45, 2.75) is 73.0 Å². The summed E-state index contributed by atoms with van der Waals surface area (Å²) >= 11 is 0. The normalized spacial score (nSPS) is 28.6. The Bertz CT molecular complexity index is 1250. The molecule has 3 aliphatic rings. The Labute approximate surface area is 223 Å². The monoisotopic (exact) mass is 524 g/mol. The largest absolute Gasteiger partial charge is 0.497 e. The predicted molar refractivity (Wildman–Crippen MR) is 138 cm³/mol. The number of aliphatic hydroxyl groups excluding tert-OH is 1. The summed E-state index contributed by atoms with van der Waals surface area (Å²) in [5.41, 5.74) is -1.50. The molecule has 1 N–H and O–H groups in total. The quantitative estimate of drug-likeness (QED) is 0.264. The molecule has 0 bridgehead atoms. The van der Waals surface area contributed by atoms with E-state index < -0.39 is 58.4 Å². The van der Waals surface area contributed by atoms with Gasteiger partial charge in [0, 0.05) is 29.4 Å². The zero-order chi connectivity index (χ0) is 28.2. The maximum Gasteiger partial charge on any atom is 0.347 e. The van der Waals surface area contributed by atoms with Crippen LogP contribution in [0.1, 0.15) is 60.8 Å². The van der Waals surface area contributed by atoms with E-state index in [1.54, 1.807) is 38.1 Å². The highest BCUT2D eigenvalue weighted by Crippen LogP contribution is 2.61. The Hall–Kier alpha value is -3.26. The number of allylic oxidation sites excluding steroid dienone is 2. The Morgan fingerprint density at radius 1 is 1.00 bits per heavy atom. The highest BCUT2D eigenvalue weighted by molar-refractivity contribution is 6.35. The molecule has 204 valence electrons. The number of rotatable bonds is 5. The molecule has 8 nitrogen and oxygen atoms in total. The van der Waals surface area contributed by atoms with Crippen LogP contribution in [0.3, 0.4) is 0 Å². The lowest BCUT2D eigenvalue weighted by atomic mass is 9.47. The summed E-state index contributed by atoms with van der Waals surface area (Å²) in [6.45, 7) is 10.5. The minimum absolute atomic E-state index is 0.00580. The third-order valence-corrected chi connectivity index (χ3v) is 8.38. The van der Waals surface area contributed by atoms with Gasteiger partial charge < -0.3 is 19.3 Å². The molecule has 0 radical (unpaired) electrons. The smallest absolute Gasteiger partial charge is 0.347 e. The highest BCUT2D eigenvalue weighted by Gasteiger charge is 2.62. The average Bonchev–Trinajstić information content (AvgIpc) is 2.82. The van der Waals surface area contributed by atoms with Gasteiger partial charge in [0.05, 0.1) is 18.8 Å². The molecule has 1 aromatic rings. The lowest BCUT2D eigenvalue weighted by Gasteiger charge is -2.58. The number of Topliss-reactive ketones (excluding diaryl/α,β-unsaturated/α-hetero) is 2. The van der Waals surface area contributed by atoms with Gasteiger partial charge in [-0.3, -0.25) is 14.4 Å². The molecule has 0 amide bonds. The number of ketones is 2. The fourth-order valence-corrected chi connectivity index (χ4v) is 6.99. The second-order valence-electron chi connectivity index (χ2n) is 11.7. The summed E-state index contributed by atoms with van der Waals surface area (Å²) in [6.07, 6.45) is -0.379. The van der Waals surface area contributed by atoms with Gasteiger partial charge in [0.2, 0.25) is 0 Å². The fourth-order valence-electron chi connectivity index (χ4n) is 6.99. The number of aliphatic hydroxyl groups is 1. The number of hydrogen-bond acceptors (Lipinski definition) is 8. The van der Waals surface area contributed by atoms with Crippen molar-refractivity contribution in [1.29, 1.82) is 0 Å². The number of carbonyl (C=O) groups excluding carboxylic acids is 4. The molecular weight excluding hydrogens is 488 g/mol. The molecule has 4 rings (SSSR count). The lowest BCUT2D eigenvalue weighted by molar-refractivity contribution is -0.166. The molecule has 0 saturated heterocycles. The topological polar surface area (TPSA) is 116 Å². The standard InChI is InChI=1S/C30H36O8/c1-15(2)19-20(28(35)38-18-11-9-17(36-7)10-12-18)24(33)22-21(23(19)32)26(37-16(3)31)25(34)27-29(4,5)13-8-14-30(22,27)6/h9-12,15,25-27,34H,8,13-14H2,1-7H3/t25-,26+,27+,30-/m1/s1. The summed E-state index contributed by atoms with van der Waals surface area (Å²) in [6, 6.07) is 6.33. The van der Waals surface area contributed by atoms with Crippen molar-refractivity contribution < 1.29 is 38.5 Å². The van der Waals surface area contributed by atoms with Crippen molar-refractivity contribution in [2.24, 2.45) is 22.7 Å². The minimum Gasteiger partial charge on any atom is -0.497 e. The van der Waals surface area contributed by atoms with E-state index in [0.717, 1.165) is 12.8 Å². The third kappa shape index (κ3) is 4.38. The lowest BCUT2D eigenvalue weighted by Crippen LogP contribution is -2.60. The minimum atomic E-state index is -1.30. The molecule has 1 aromatic carbocycles. The van der Waals surface area contributed by atoms with Gasteiger partial charge in [-0.05, 0) is 48.4 Å². The Balaban J connectivity index is 1.89. The zero-order valence-corrected chi connectivity index (χ0v) is 23.0. The molecule has 0 spiro atoms. The Kier molecular flexibility index (Phi) is 7.16. The summed E-state index contributed by atoms with van der Waals surface area (Å²) in [5.74, 6) is -2.98. The van der Waals surface area contributed by atoms with E-state index in [1.165, 1.54) is 14.0 Å². The number of benzene rings is 1. The third-order valence-electron chi connectivity index (χ3n) is 8.38. The predicted octanol–water partition coefficient (Wildman–Crippen LogP) is 4.14. The molecule has 3 aliphatic carbocycles. The van der Waals surface area contributed by atoms with Crippen LogP contribution in [0.4, 0.5) is 0 Å². The maximum atomic E-state index is 14.4. The van der Waals surface area contributed by atoms with E-state index in [2.05, 4.69) is 0 Å². The Morgan fingerprint density at radius 2 is 1.61 bits per heavy atom. The van der Waals surface area contributed by atoms with Crippen molar-refractivity contribution in [3.63, 3.8) is 0 Å². The SMILES string of the molecule is COc1ccc(OC(=O)C2=C(C(C)C)C(=O)C3=C(C2=O)[C@@]2(C)CCCC(C)(C)[C@@H]2[C@H](O)[C@H]3OC(C)=O)cc1. The van der Waals surface area contributed by atoms with Gasteiger partial charge in [-0.2, -0.15) is 0 Å². The number of hydrogen-bond donors (Lipinski definition) is 1. The molecule has 38 heavy (non-hydrogen) atoms.